The molecule has 0 saturated carbocycles. The van der Waals surface area contributed by atoms with Gasteiger partial charge in [0, 0.05) is 13.1 Å². The normalized spacial score (nSPS) is 18.2. The summed E-state index contributed by atoms with van der Waals surface area (Å²) in [5.41, 5.74) is 2.15. The maximum atomic E-state index is 13.7. The third-order valence-electron chi connectivity index (χ3n) is 7.38. The number of carbonyl (C=O) groups is 2. The zero-order valence-electron chi connectivity index (χ0n) is 24.2. The second-order valence-electron chi connectivity index (χ2n) is 11.9. The van der Waals surface area contributed by atoms with E-state index in [1.165, 1.54) is 11.1 Å². The lowest BCUT2D eigenvalue weighted by Gasteiger charge is -2.45. The fourth-order valence-electron chi connectivity index (χ4n) is 5.57. The van der Waals surface area contributed by atoms with Crippen molar-refractivity contribution in [1.29, 1.82) is 0 Å². The second kappa shape index (κ2) is 14.4. The van der Waals surface area contributed by atoms with Crippen LogP contribution in [0.3, 0.4) is 0 Å². The third kappa shape index (κ3) is 9.18. The number of piperazine rings is 1. The van der Waals surface area contributed by atoms with Gasteiger partial charge in [-0.1, -0.05) is 74.0 Å². The fourth-order valence-corrected chi connectivity index (χ4v) is 5.57. The number of amides is 2. The van der Waals surface area contributed by atoms with Crippen LogP contribution in [-0.4, -0.2) is 52.6 Å². The van der Waals surface area contributed by atoms with Crippen molar-refractivity contribution in [3.63, 3.8) is 0 Å². The number of carbonyl (C=O) groups excluding carboxylic acids is 2. The van der Waals surface area contributed by atoms with Crippen molar-refractivity contribution in [2.75, 3.05) is 13.1 Å². The molecule has 0 aliphatic carbocycles. The second-order valence-corrected chi connectivity index (χ2v) is 11.9. The molecule has 2 atom stereocenters. The van der Waals surface area contributed by atoms with Crippen molar-refractivity contribution in [2.45, 2.75) is 104 Å². The van der Waals surface area contributed by atoms with Crippen LogP contribution in [0.4, 0.5) is 4.79 Å². The molecule has 0 spiro atoms. The van der Waals surface area contributed by atoms with E-state index in [1.807, 2.05) is 32.6 Å². The van der Waals surface area contributed by atoms with Crippen LogP contribution < -0.4 is 0 Å². The van der Waals surface area contributed by atoms with E-state index in [9.17, 15) is 9.59 Å². The first-order chi connectivity index (χ1) is 18.2. The summed E-state index contributed by atoms with van der Waals surface area (Å²) >= 11 is 0. The Morgan fingerprint density at radius 1 is 0.947 bits per heavy atom. The van der Waals surface area contributed by atoms with E-state index >= 15 is 0 Å². The molecule has 2 aromatic carbocycles. The Kier molecular flexibility index (Phi) is 11.2. The predicted molar refractivity (Wildman–Crippen MR) is 155 cm³/mol. The molecule has 5 nitrogen and oxygen atoms in total. The molecule has 1 aliphatic rings. The molecule has 1 aliphatic heterocycles. The van der Waals surface area contributed by atoms with Crippen molar-refractivity contribution in [3.8, 4) is 0 Å². The first kappa shape index (κ1) is 29.7. The molecule has 0 aromatic heterocycles. The van der Waals surface area contributed by atoms with E-state index in [2.05, 4.69) is 67.6 Å². The van der Waals surface area contributed by atoms with Crippen molar-refractivity contribution < 1.29 is 14.3 Å². The first-order valence-corrected chi connectivity index (χ1v) is 14.6. The van der Waals surface area contributed by atoms with Crippen LogP contribution in [0.2, 0.25) is 0 Å². The Morgan fingerprint density at radius 2 is 1.47 bits per heavy atom. The topological polar surface area (TPSA) is 49.9 Å². The summed E-state index contributed by atoms with van der Waals surface area (Å²) in [5.74, 6) is 0.515. The van der Waals surface area contributed by atoms with Crippen LogP contribution in [-0.2, 0) is 22.4 Å². The van der Waals surface area contributed by atoms with Crippen LogP contribution in [0.5, 0.6) is 0 Å². The molecule has 1 saturated heterocycles. The minimum Gasteiger partial charge on any atom is -0.444 e. The summed E-state index contributed by atoms with van der Waals surface area (Å²) in [6, 6.07) is 20.8. The number of hydrogen-bond acceptors (Lipinski definition) is 3. The van der Waals surface area contributed by atoms with Gasteiger partial charge in [0.25, 0.3) is 0 Å². The summed E-state index contributed by atoms with van der Waals surface area (Å²) in [4.78, 5) is 30.6. The first-order valence-electron chi connectivity index (χ1n) is 14.6. The van der Waals surface area contributed by atoms with Crippen LogP contribution in [0.25, 0.3) is 0 Å². The van der Waals surface area contributed by atoms with Gasteiger partial charge in [-0.25, -0.2) is 4.79 Å². The van der Waals surface area contributed by atoms with Gasteiger partial charge in [0.05, 0.1) is 6.04 Å². The molecule has 1 fully saturated rings. The number of benzene rings is 2. The molecule has 2 amide bonds. The van der Waals surface area contributed by atoms with Gasteiger partial charge in [-0.3, -0.25) is 9.69 Å². The van der Waals surface area contributed by atoms with Gasteiger partial charge < -0.3 is 9.64 Å². The van der Waals surface area contributed by atoms with E-state index in [0.717, 1.165) is 51.5 Å². The fraction of sp³-hybridized carbons (Fsp3) is 0.576. The average Bonchev–Trinajstić information content (AvgIpc) is 2.87. The van der Waals surface area contributed by atoms with Gasteiger partial charge in [0.15, 0.2) is 0 Å². The molecule has 5 heteroatoms. The number of nitrogens with zero attached hydrogens (tertiary/aromatic N) is 2. The lowest BCUT2D eigenvalue weighted by molar-refractivity contribution is -0.145. The summed E-state index contributed by atoms with van der Waals surface area (Å²) in [7, 11) is 0. The Morgan fingerprint density at radius 3 is 1.95 bits per heavy atom. The molecule has 3 rings (SSSR count). The number of aryl methyl sites for hydroxylation is 2. The molecule has 2 aromatic rings. The lowest BCUT2D eigenvalue weighted by Crippen LogP contribution is -2.63. The van der Waals surface area contributed by atoms with Crippen LogP contribution in [0, 0.1) is 5.92 Å². The maximum absolute atomic E-state index is 13.7. The smallest absolute Gasteiger partial charge is 0.411 e. The zero-order valence-corrected chi connectivity index (χ0v) is 24.2. The molecular formula is C33H48N2O3. The Hall–Kier alpha value is -2.82. The van der Waals surface area contributed by atoms with Gasteiger partial charge in [-0.2, -0.15) is 0 Å². The highest BCUT2D eigenvalue weighted by Gasteiger charge is 2.42. The highest BCUT2D eigenvalue weighted by atomic mass is 16.6. The van der Waals surface area contributed by atoms with Gasteiger partial charge in [-0.15, -0.1) is 0 Å². The lowest BCUT2D eigenvalue weighted by atomic mass is 9.91. The van der Waals surface area contributed by atoms with E-state index < -0.39 is 11.6 Å². The van der Waals surface area contributed by atoms with Gasteiger partial charge >= 0.3 is 6.09 Å². The number of rotatable bonds is 12. The molecule has 208 valence electrons. The van der Waals surface area contributed by atoms with Crippen LogP contribution >= 0.6 is 0 Å². The molecule has 0 radical (unpaired) electrons. The number of ether oxygens (including phenoxy) is 1. The highest BCUT2D eigenvalue weighted by molar-refractivity contribution is 5.87. The summed E-state index contributed by atoms with van der Waals surface area (Å²) in [5, 5.41) is 0. The quantitative estimate of drug-likeness (QED) is 0.295. The monoisotopic (exact) mass is 520 g/mol. The molecule has 1 heterocycles. The predicted octanol–water partition coefficient (Wildman–Crippen LogP) is 7.28. The van der Waals surface area contributed by atoms with Gasteiger partial charge in [-0.05, 0) is 89.7 Å². The maximum Gasteiger partial charge on any atom is 0.411 e. The summed E-state index contributed by atoms with van der Waals surface area (Å²) in [6.07, 6.45) is 7.65. The Bertz CT molecular complexity index is 941. The largest absolute Gasteiger partial charge is 0.444 e. The van der Waals surface area contributed by atoms with Gasteiger partial charge in [0.2, 0.25) is 5.91 Å². The molecular weight excluding hydrogens is 472 g/mol. The zero-order chi connectivity index (χ0) is 27.5. The standard InChI is InChI=1S/C33H48N2O3/c1-6-15-30-31(36)34(24-26(2)35(30)32(37)38-33(3,4)5)25-29(22-13-20-27-16-9-7-10-17-27)23-14-21-28-18-11-8-12-19-28/h7-12,16-19,26,29-30H,6,13-15,20-25H2,1-5H3. The highest BCUT2D eigenvalue weighted by Crippen LogP contribution is 2.27. The van der Waals surface area contributed by atoms with Crippen molar-refractivity contribution >= 4 is 12.0 Å². The average molecular weight is 521 g/mol. The van der Waals surface area contributed by atoms with Crippen molar-refractivity contribution in [3.05, 3.63) is 71.8 Å². The Labute approximate surface area is 230 Å². The van der Waals surface area contributed by atoms with E-state index in [-0.39, 0.29) is 18.0 Å². The number of hydrogen-bond donors (Lipinski definition) is 0. The summed E-state index contributed by atoms with van der Waals surface area (Å²) < 4.78 is 5.70. The minimum absolute atomic E-state index is 0.0756. The molecule has 0 N–H and O–H groups in total. The molecule has 38 heavy (non-hydrogen) atoms. The third-order valence-corrected chi connectivity index (χ3v) is 7.38. The van der Waals surface area contributed by atoms with E-state index in [4.69, 9.17) is 4.74 Å². The van der Waals surface area contributed by atoms with Crippen molar-refractivity contribution in [1.82, 2.24) is 9.80 Å². The van der Waals surface area contributed by atoms with Crippen molar-refractivity contribution in [2.24, 2.45) is 5.92 Å². The SMILES string of the molecule is CCCC1C(=O)N(CC(CCCc2ccccc2)CCCc2ccccc2)CC(C)N1C(=O)OC(C)(C)C. The minimum atomic E-state index is -0.587. The van der Waals surface area contributed by atoms with Crippen LogP contribution in [0.15, 0.2) is 60.7 Å². The summed E-state index contributed by atoms with van der Waals surface area (Å²) in [6.45, 7) is 11.1. The molecule has 2 unspecified atom stereocenters. The molecule has 0 bridgehead atoms. The van der Waals surface area contributed by atoms with E-state index in [1.54, 1.807) is 4.90 Å². The van der Waals surface area contributed by atoms with E-state index in [0.29, 0.717) is 18.9 Å². The van der Waals surface area contributed by atoms with Crippen LogP contribution in [0.1, 0.15) is 84.3 Å². The van der Waals surface area contributed by atoms with Gasteiger partial charge in [0.1, 0.15) is 11.6 Å². The Balaban J connectivity index is 1.67.